The zero-order valence-electron chi connectivity index (χ0n) is 13.3. The highest BCUT2D eigenvalue weighted by atomic mass is 35.5. The van der Waals surface area contributed by atoms with Crippen molar-refractivity contribution in [1.82, 2.24) is 10.7 Å². The van der Waals surface area contributed by atoms with Gasteiger partial charge >= 0.3 is 0 Å². The first-order valence-corrected chi connectivity index (χ1v) is 8.67. The Kier molecular flexibility index (Phi) is 5.78. The average molecular weight is 406 g/mol. The van der Waals surface area contributed by atoms with Crippen molar-refractivity contribution in [1.29, 1.82) is 0 Å². The number of carbonyl (C=O) groups is 1. The number of halogens is 2. The monoisotopic (exact) mass is 405 g/mol. The molecule has 0 aliphatic rings. The third-order valence-electron chi connectivity index (χ3n) is 3.36. The standard InChI is InChI=1S/C18H13Cl2N3O2S/c19-13-7-6-11(10-14(13)20)15-8-9-16(25-15)17(24)21-18(26)23-22-12-4-2-1-3-5-12/h1-10,22H,(H2,21,23,24,26). The molecule has 8 heteroatoms. The fraction of sp³-hybridized carbons (Fsp3) is 0. The maximum absolute atomic E-state index is 12.2. The van der Waals surface area contributed by atoms with E-state index in [4.69, 9.17) is 39.8 Å². The number of benzene rings is 2. The van der Waals surface area contributed by atoms with Crippen molar-refractivity contribution in [3.63, 3.8) is 0 Å². The highest BCUT2D eigenvalue weighted by molar-refractivity contribution is 7.80. The number of furan rings is 1. The van der Waals surface area contributed by atoms with Crippen LogP contribution in [0.4, 0.5) is 5.69 Å². The molecule has 0 aliphatic heterocycles. The zero-order chi connectivity index (χ0) is 18.5. The lowest BCUT2D eigenvalue weighted by Crippen LogP contribution is -2.41. The first kappa shape index (κ1) is 18.3. The second-order valence-corrected chi connectivity index (χ2v) is 6.41. The lowest BCUT2D eigenvalue weighted by molar-refractivity contribution is 0.0950. The Bertz CT molecular complexity index is 945. The number of nitrogens with one attached hydrogen (secondary N) is 3. The van der Waals surface area contributed by atoms with E-state index in [0.717, 1.165) is 5.69 Å². The predicted molar refractivity (Wildman–Crippen MR) is 107 cm³/mol. The minimum absolute atomic E-state index is 0.117. The zero-order valence-corrected chi connectivity index (χ0v) is 15.6. The molecule has 132 valence electrons. The molecule has 26 heavy (non-hydrogen) atoms. The van der Waals surface area contributed by atoms with Crippen LogP contribution in [0.5, 0.6) is 0 Å². The molecule has 1 amide bonds. The summed E-state index contributed by atoms with van der Waals surface area (Å²) >= 11 is 17.0. The number of hydrazine groups is 1. The number of para-hydroxylation sites is 1. The van der Waals surface area contributed by atoms with Crippen molar-refractivity contribution in [2.45, 2.75) is 0 Å². The second kappa shape index (κ2) is 8.23. The molecule has 3 N–H and O–H groups in total. The van der Waals surface area contributed by atoms with Gasteiger partial charge in [0.1, 0.15) is 5.76 Å². The van der Waals surface area contributed by atoms with Crippen LogP contribution in [-0.2, 0) is 0 Å². The lowest BCUT2D eigenvalue weighted by Gasteiger charge is -2.10. The van der Waals surface area contributed by atoms with Gasteiger partial charge in [0.05, 0.1) is 15.7 Å². The van der Waals surface area contributed by atoms with Crippen LogP contribution in [0.2, 0.25) is 10.0 Å². The van der Waals surface area contributed by atoms with E-state index in [-0.39, 0.29) is 10.9 Å². The van der Waals surface area contributed by atoms with Gasteiger partial charge in [-0.2, -0.15) is 0 Å². The van der Waals surface area contributed by atoms with Crippen LogP contribution in [0, 0.1) is 0 Å². The van der Waals surface area contributed by atoms with Crippen LogP contribution in [-0.4, -0.2) is 11.0 Å². The van der Waals surface area contributed by atoms with E-state index >= 15 is 0 Å². The van der Waals surface area contributed by atoms with E-state index in [0.29, 0.717) is 21.4 Å². The van der Waals surface area contributed by atoms with Crippen molar-refractivity contribution in [2.75, 3.05) is 5.43 Å². The van der Waals surface area contributed by atoms with Gasteiger partial charge in [-0.1, -0.05) is 41.4 Å². The van der Waals surface area contributed by atoms with Crippen LogP contribution in [0.3, 0.4) is 0 Å². The van der Waals surface area contributed by atoms with Crippen molar-refractivity contribution in [3.05, 3.63) is 76.5 Å². The topological polar surface area (TPSA) is 66.3 Å². The van der Waals surface area contributed by atoms with Gasteiger partial charge in [0, 0.05) is 5.56 Å². The predicted octanol–water partition coefficient (Wildman–Crippen LogP) is 4.88. The molecule has 0 spiro atoms. The first-order valence-electron chi connectivity index (χ1n) is 7.50. The normalized spacial score (nSPS) is 10.2. The molecule has 2 aromatic carbocycles. The number of anilines is 1. The molecule has 1 aromatic heterocycles. The van der Waals surface area contributed by atoms with Gasteiger partial charge in [-0.15, -0.1) is 0 Å². The summed E-state index contributed by atoms with van der Waals surface area (Å²) < 4.78 is 5.57. The summed E-state index contributed by atoms with van der Waals surface area (Å²) in [6, 6.07) is 17.7. The molecule has 1 heterocycles. The maximum atomic E-state index is 12.2. The summed E-state index contributed by atoms with van der Waals surface area (Å²) in [5.74, 6) is 0.147. The number of rotatable bonds is 4. The van der Waals surface area contributed by atoms with Crippen LogP contribution >= 0.6 is 35.4 Å². The molecule has 5 nitrogen and oxygen atoms in total. The molecule has 0 bridgehead atoms. The third kappa shape index (κ3) is 4.54. The lowest BCUT2D eigenvalue weighted by atomic mass is 10.2. The highest BCUT2D eigenvalue weighted by Gasteiger charge is 2.14. The van der Waals surface area contributed by atoms with Gasteiger partial charge in [0.15, 0.2) is 10.9 Å². The Hall–Kier alpha value is -2.54. The first-order chi connectivity index (χ1) is 12.5. The van der Waals surface area contributed by atoms with Gasteiger partial charge in [0.2, 0.25) is 0 Å². The van der Waals surface area contributed by atoms with Gasteiger partial charge in [-0.05, 0) is 54.7 Å². The van der Waals surface area contributed by atoms with Crippen LogP contribution in [0.25, 0.3) is 11.3 Å². The molecule has 0 saturated heterocycles. The fourth-order valence-corrected chi connectivity index (χ4v) is 2.55. The number of hydrogen-bond donors (Lipinski definition) is 3. The van der Waals surface area contributed by atoms with Crippen molar-refractivity contribution in [3.8, 4) is 11.3 Å². The summed E-state index contributed by atoms with van der Waals surface area (Å²) in [5, 5.41) is 3.50. The molecule has 0 radical (unpaired) electrons. The minimum atomic E-state index is -0.469. The SMILES string of the molecule is O=C(NC(=S)NNc1ccccc1)c1ccc(-c2ccc(Cl)c(Cl)c2)o1. The summed E-state index contributed by atoms with van der Waals surface area (Å²) in [6.07, 6.45) is 0. The van der Waals surface area contributed by atoms with Crippen molar-refractivity contribution in [2.24, 2.45) is 0 Å². The van der Waals surface area contributed by atoms with E-state index in [1.807, 2.05) is 30.3 Å². The fourth-order valence-electron chi connectivity index (χ4n) is 2.11. The quantitative estimate of drug-likeness (QED) is 0.426. The Morgan fingerprint density at radius 2 is 1.73 bits per heavy atom. The highest BCUT2D eigenvalue weighted by Crippen LogP contribution is 2.29. The van der Waals surface area contributed by atoms with Gasteiger partial charge in [0.25, 0.3) is 5.91 Å². The van der Waals surface area contributed by atoms with Gasteiger partial charge < -0.3 is 4.42 Å². The summed E-state index contributed by atoms with van der Waals surface area (Å²) in [5.41, 5.74) is 7.13. The number of hydrogen-bond acceptors (Lipinski definition) is 4. The van der Waals surface area contributed by atoms with E-state index in [2.05, 4.69) is 16.2 Å². The Labute approximate surface area is 165 Å². The second-order valence-electron chi connectivity index (χ2n) is 5.19. The number of thiocarbonyl (C=S) groups is 1. The van der Waals surface area contributed by atoms with E-state index in [1.54, 1.807) is 30.3 Å². The van der Waals surface area contributed by atoms with E-state index in [9.17, 15) is 4.79 Å². The van der Waals surface area contributed by atoms with Crippen LogP contribution in [0.1, 0.15) is 10.6 Å². The summed E-state index contributed by atoms with van der Waals surface area (Å²) in [4.78, 5) is 12.2. The molecule has 0 aliphatic carbocycles. The van der Waals surface area contributed by atoms with Crippen LogP contribution in [0.15, 0.2) is 65.1 Å². The van der Waals surface area contributed by atoms with Gasteiger partial charge in [-0.3, -0.25) is 21.0 Å². The van der Waals surface area contributed by atoms with E-state index in [1.165, 1.54) is 0 Å². The smallest absolute Gasteiger partial charge is 0.293 e. The minimum Gasteiger partial charge on any atom is -0.451 e. The molecule has 0 fully saturated rings. The average Bonchev–Trinajstić information content (AvgIpc) is 3.13. The van der Waals surface area contributed by atoms with Crippen molar-refractivity contribution >= 4 is 52.1 Å². The number of amides is 1. The summed E-state index contributed by atoms with van der Waals surface area (Å²) in [6.45, 7) is 0. The van der Waals surface area contributed by atoms with Crippen LogP contribution < -0.4 is 16.2 Å². The summed E-state index contributed by atoms with van der Waals surface area (Å²) in [7, 11) is 0. The van der Waals surface area contributed by atoms with Crippen molar-refractivity contribution < 1.29 is 9.21 Å². The Morgan fingerprint density at radius 1 is 0.962 bits per heavy atom. The Morgan fingerprint density at radius 3 is 2.46 bits per heavy atom. The maximum Gasteiger partial charge on any atom is 0.293 e. The van der Waals surface area contributed by atoms with E-state index < -0.39 is 5.91 Å². The van der Waals surface area contributed by atoms with Gasteiger partial charge in [-0.25, -0.2) is 0 Å². The molecule has 3 aromatic rings. The largest absolute Gasteiger partial charge is 0.451 e. The number of carbonyl (C=O) groups excluding carboxylic acids is 1. The molecular weight excluding hydrogens is 393 g/mol. The molecule has 0 unspecified atom stereocenters. The molecular formula is C18H13Cl2N3O2S. The third-order valence-corrected chi connectivity index (χ3v) is 4.30. The molecule has 0 atom stereocenters. The Balaban J connectivity index is 1.60. The molecule has 3 rings (SSSR count). The molecule has 0 saturated carbocycles.